The topological polar surface area (TPSA) is 28.4 Å². The molecular formula is C14H24N2OS. The van der Waals surface area contributed by atoms with Gasteiger partial charge in [0.25, 0.3) is 0 Å². The molecule has 0 aromatic carbocycles. The van der Waals surface area contributed by atoms with Crippen LogP contribution in [-0.4, -0.2) is 37.8 Å². The predicted molar refractivity (Wildman–Crippen MR) is 77.9 cm³/mol. The number of thioether (sulfide) groups is 1. The second kappa shape index (κ2) is 7.22. The van der Waals surface area contributed by atoms with Crippen molar-refractivity contribution in [2.45, 2.75) is 25.1 Å². The van der Waals surface area contributed by atoms with Gasteiger partial charge in [-0.15, -0.1) is 0 Å². The highest BCUT2D eigenvalue weighted by atomic mass is 32.2. The number of nitrogens with zero attached hydrogens (tertiary/aromatic N) is 1. The number of rotatable bonds is 6. The van der Waals surface area contributed by atoms with Crippen LogP contribution in [0.1, 0.15) is 24.4 Å². The smallest absolute Gasteiger partial charge is 0.117 e. The molecule has 1 aromatic rings. The summed E-state index contributed by atoms with van der Waals surface area (Å²) in [4.78, 5) is 2.41. The largest absolute Gasteiger partial charge is 0.464 e. The zero-order chi connectivity index (χ0) is 12.8. The minimum atomic E-state index is 0.835. The van der Waals surface area contributed by atoms with Crippen LogP contribution in [0, 0.1) is 5.92 Å². The highest BCUT2D eigenvalue weighted by molar-refractivity contribution is 7.97. The Kier molecular flexibility index (Phi) is 5.60. The second-order valence-corrected chi connectivity index (χ2v) is 6.04. The summed E-state index contributed by atoms with van der Waals surface area (Å²) >= 11 is 1.80. The number of hydrogen-bond acceptors (Lipinski definition) is 4. The van der Waals surface area contributed by atoms with Crippen molar-refractivity contribution in [1.29, 1.82) is 0 Å². The zero-order valence-corrected chi connectivity index (χ0v) is 12.3. The van der Waals surface area contributed by atoms with Gasteiger partial charge >= 0.3 is 0 Å². The van der Waals surface area contributed by atoms with E-state index in [0.29, 0.717) is 0 Å². The molecule has 0 unspecified atom stereocenters. The maximum Gasteiger partial charge on any atom is 0.117 e. The Morgan fingerprint density at radius 3 is 2.78 bits per heavy atom. The van der Waals surface area contributed by atoms with E-state index in [-0.39, 0.29) is 0 Å². The molecule has 3 nitrogen and oxygen atoms in total. The lowest BCUT2D eigenvalue weighted by Gasteiger charge is -2.28. The summed E-state index contributed by atoms with van der Waals surface area (Å²) in [6.45, 7) is 4.46. The van der Waals surface area contributed by atoms with Crippen LogP contribution < -0.4 is 5.32 Å². The molecule has 0 bridgehead atoms. The highest BCUT2D eigenvalue weighted by Gasteiger charge is 2.16. The molecule has 1 saturated heterocycles. The summed E-state index contributed by atoms with van der Waals surface area (Å²) in [6, 6.07) is 4.18. The average Bonchev–Trinajstić information content (AvgIpc) is 2.80. The predicted octanol–water partition coefficient (Wildman–Crippen LogP) is 2.57. The molecule has 2 heterocycles. The molecule has 18 heavy (non-hydrogen) atoms. The molecule has 0 radical (unpaired) electrons. The standard InChI is InChI=1S/C14H24N2OS/c1-16-7-5-12(6-8-16)9-15-10-13-3-4-14(17-13)11-18-2/h3-4,12,15H,5-11H2,1-2H3. The number of hydrogen-bond donors (Lipinski definition) is 1. The lowest BCUT2D eigenvalue weighted by molar-refractivity contribution is 0.215. The van der Waals surface area contributed by atoms with E-state index in [1.165, 1.54) is 25.9 Å². The summed E-state index contributed by atoms with van der Waals surface area (Å²) in [6.07, 6.45) is 4.74. The van der Waals surface area contributed by atoms with E-state index in [2.05, 4.69) is 35.7 Å². The number of piperidine rings is 1. The van der Waals surface area contributed by atoms with E-state index in [1.807, 2.05) is 0 Å². The van der Waals surface area contributed by atoms with Gasteiger partial charge in [-0.2, -0.15) is 11.8 Å². The van der Waals surface area contributed by atoms with Crippen molar-refractivity contribution in [3.63, 3.8) is 0 Å². The van der Waals surface area contributed by atoms with Gasteiger partial charge in [0.15, 0.2) is 0 Å². The third-order valence-electron chi connectivity index (χ3n) is 3.57. The van der Waals surface area contributed by atoms with Gasteiger partial charge in [-0.05, 0) is 63.8 Å². The third-order valence-corrected chi connectivity index (χ3v) is 4.15. The maximum absolute atomic E-state index is 5.74. The van der Waals surface area contributed by atoms with Crippen molar-refractivity contribution in [3.8, 4) is 0 Å². The van der Waals surface area contributed by atoms with Crippen molar-refractivity contribution in [3.05, 3.63) is 23.7 Å². The van der Waals surface area contributed by atoms with E-state index in [1.54, 1.807) is 11.8 Å². The Hall–Kier alpha value is -0.450. The first-order valence-corrected chi connectivity index (χ1v) is 8.13. The summed E-state index contributed by atoms with van der Waals surface area (Å²) in [5, 5.41) is 3.52. The van der Waals surface area contributed by atoms with Gasteiger partial charge in [0.2, 0.25) is 0 Å². The van der Waals surface area contributed by atoms with Crippen LogP contribution in [0.15, 0.2) is 16.5 Å². The summed E-state index contributed by atoms with van der Waals surface area (Å²) in [7, 11) is 2.21. The van der Waals surface area contributed by atoms with Crippen LogP contribution in [0.4, 0.5) is 0 Å². The quantitative estimate of drug-likeness (QED) is 0.858. The minimum absolute atomic E-state index is 0.835. The molecule has 0 amide bonds. The van der Waals surface area contributed by atoms with Crippen LogP contribution in [0.2, 0.25) is 0 Å². The maximum atomic E-state index is 5.74. The van der Waals surface area contributed by atoms with Gasteiger partial charge in [0.1, 0.15) is 11.5 Å². The highest BCUT2D eigenvalue weighted by Crippen LogP contribution is 2.16. The lowest BCUT2D eigenvalue weighted by Crippen LogP contribution is -2.34. The van der Waals surface area contributed by atoms with E-state index in [0.717, 1.165) is 36.3 Å². The molecule has 1 N–H and O–H groups in total. The summed E-state index contributed by atoms with van der Waals surface area (Å²) < 4.78 is 5.74. The second-order valence-electron chi connectivity index (χ2n) is 5.18. The van der Waals surface area contributed by atoms with Crippen molar-refractivity contribution in [2.75, 3.05) is 32.9 Å². The molecule has 0 saturated carbocycles. The normalized spacial score (nSPS) is 18.3. The third kappa shape index (κ3) is 4.34. The molecule has 1 fully saturated rings. The lowest BCUT2D eigenvalue weighted by atomic mass is 9.97. The van der Waals surface area contributed by atoms with Gasteiger partial charge in [-0.3, -0.25) is 0 Å². The number of likely N-dealkylation sites (tertiary alicyclic amines) is 1. The molecule has 2 rings (SSSR count). The number of nitrogens with one attached hydrogen (secondary N) is 1. The molecule has 4 heteroatoms. The van der Waals surface area contributed by atoms with Crippen LogP contribution in [-0.2, 0) is 12.3 Å². The van der Waals surface area contributed by atoms with Crippen molar-refractivity contribution < 1.29 is 4.42 Å². The minimum Gasteiger partial charge on any atom is -0.464 e. The first-order valence-electron chi connectivity index (χ1n) is 6.73. The van der Waals surface area contributed by atoms with Gasteiger partial charge in [-0.1, -0.05) is 0 Å². The van der Waals surface area contributed by atoms with Crippen molar-refractivity contribution >= 4 is 11.8 Å². The van der Waals surface area contributed by atoms with Crippen LogP contribution in [0.25, 0.3) is 0 Å². The van der Waals surface area contributed by atoms with Crippen LogP contribution in [0.5, 0.6) is 0 Å². The van der Waals surface area contributed by atoms with Crippen LogP contribution in [0.3, 0.4) is 0 Å². The zero-order valence-electron chi connectivity index (χ0n) is 11.4. The number of furan rings is 1. The van der Waals surface area contributed by atoms with Gasteiger partial charge in [0.05, 0.1) is 12.3 Å². The van der Waals surface area contributed by atoms with E-state index in [4.69, 9.17) is 4.42 Å². The van der Waals surface area contributed by atoms with Crippen LogP contribution >= 0.6 is 11.8 Å². The molecular weight excluding hydrogens is 244 g/mol. The molecule has 1 aliphatic rings. The first-order chi connectivity index (χ1) is 8.78. The molecule has 1 aromatic heterocycles. The van der Waals surface area contributed by atoms with E-state index >= 15 is 0 Å². The SMILES string of the molecule is CSCc1ccc(CNCC2CCN(C)CC2)o1. The fourth-order valence-electron chi connectivity index (χ4n) is 2.40. The monoisotopic (exact) mass is 268 g/mol. The Morgan fingerprint density at radius 2 is 2.06 bits per heavy atom. The summed E-state index contributed by atoms with van der Waals surface area (Å²) in [5.74, 6) is 3.95. The molecule has 1 aliphatic heterocycles. The average molecular weight is 268 g/mol. The van der Waals surface area contributed by atoms with Crippen molar-refractivity contribution in [2.24, 2.45) is 5.92 Å². The van der Waals surface area contributed by atoms with E-state index < -0.39 is 0 Å². The Balaban J connectivity index is 1.65. The fourth-order valence-corrected chi connectivity index (χ4v) is 2.84. The fraction of sp³-hybridized carbons (Fsp3) is 0.714. The molecule has 102 valence electrons. The van der Waals surface area contributed by atoms with Gasteiger partial charge in [-0.25, -0.2) is 0 Å². The van der Waals surface area contributed by atoms with Crippen molar-refractivity contribution in [1.82, 2.24) is 10.2 Å². The van der Waals surface area contributed by atoms with Gasteiger partial charge < -0.3 is 14.6 Å². The Bertz CT molecular complexity index is 345. The van der Waals surface area contributed by atoms with E-state index in [9.17, 15) is 0 Å². The molecule has 0 spiro atoms. The summed E-state index contributed by atoms with van der Waals surface area (Å²) in [5.41, 5.74) is 0. The Labute approximate surface area is 114 Å². The van der Waals surface area contributed by atoms with Gasteiger partial charge in [0, 0.05) is 0 Å². The molecule has 0 atom stereocenters. The molecule has 0 aliphatic carbocycles. The Morgan fingerprint density at radius 1 is 1.33 bits per heavy atom. The first kappa shape index (κ1) is 14.0.